The minimum Gasteiger partial charge on any atom is -0.495 e. The summed E-state index contributed by atoms with van der Waals surface area (Å²) >= 11 is 0. The van der Waals surface area contributed by atoms with Gasteiger partial charge in [-0.1, -0.05) is 6.07 Å². The molecule has 0 aromatic heterocycles. The standard InChI is InChI=1S/C16H17N3O4/c1-11-3-8-15(23-2)14(9-11)18-16(20)10-17-12-4-6-13(7-5-12)19(21)22/h3-9,17H,10H2,1-2H3,(H,18,20). The van der Waals surface area contributed by atoms with Gasteiger partial charge in [-0.2, -0.15) is 0 Å². The van der Waals surface area contributed by atoms with Crippen molar-refractivity contribution in [2.45, 2.75) is 6.92 Å². The lowest BCUT2D eigenvalue weighted by molar-refractivity contribution is -0.384. The molecule has 2 rings (SSSR count). The zero-order chi connectivity index (χ0) is 16.8. The number of nitro groups is 1. The molecule has 0 atom stereocenters. The topological polar surface area (TPSA) is 93.5 Å². The lowest BCUT2D eigenvalue weighted by Gasteiger charge is -2.12. The van der Waals surface area contributed by atoms with Crippen molar-refractivity contribution in [1.29, 1.82) is 0 Å². The molecule has 0 aliphatic heterocycles. The average molecular weight is 315 g/mol. The number of nitrogens with zero attached hydrogens (tertiary/aromatic N) is 1. The quantitative estimate of drug-likeness (QED) is 0.631. The number of carbonyl (C=O) groups excluding carboxylic acids is 1. The SMILES string of the molecule is COc1ccc(C)cc1NC(=O)CNc1ccc([N+](=O)[O-])cc1. The van der Waals surface area contributed by atoms with E-state index in [0.29, 0.717) is 17.1 Å². The number of carbonyl (C=O) groups is 1. The van der Waals surface area contributed by atoms with Crippen LogP contribution in [0.4, 0.5) is 17.1 Å². The number of hydrogen-bond donors (Lipinski definition) is 2. The van der Waals surface area contributed by atoms with E-state index in [9.17, 15) is 14.9 Å². The van der Waals surface area contributed by atoms with Gasteiger partial charge in [-0.15, -0.1) is 0 Å². The highest BCUT2D eigenvalue weighted by molar-refractivity contribution is 5.95. The molecular formula is C16H17N3O4. The van der Waals surface area contributed by atoms with Gasteiger partial charge in [0.15, 0.2) is 0 Å². The Balaban J connectivity index is 1.95. The van der Waals surface area contributed by atoms with Crippen molar-refractivity contribution in [2.75, 3.05) is 24.3 Å². The first-order valence-corrected chi connectivity index (χ1v) is 6.92. The van der Waals surface area contributed by atoms with Crippen LogP contribution < -0.4 is 15.4 Å². The second kappa shape index (κ2) is 7.26. The largest absolute Gasteiger partial charge is 0.495 e. The van der Waals surface area contributed by atoms with E-state index < -0.39 is 4.92 Å². The molecule has 0 heterocycles. The van der Waals surface area contributed by atoms with Crippen molar-refractivity contribution in [2.24, 2.45) is 0 Å². The number of aryl methyl sites for hydroxylation is 1. The Kier molecular flexibility index (Phi) is 5.14. The number of nitrogens with one attached hydrogen (secondary N) is 2. The Labute approximate surface area is 133 Å². The smallest absolute Gasteiger partial charge is 0.269 e. The van der Waals surface area contributed by atoms with E-state index in [4.69, 9.17) is 4.74 Å². The van der Waals surface area contributed by atoms with Gasteiger partial charge in [-0.3, -0.25) is 14.9 Å². The van der Waals surface area contributed by atoms with Crippen LogP contribution in [0.15, 0.2) is 42.5 Å². The molecule has 23 heavy (non-hydrogen) atoms. The number of anilines is 2. The molecule has 0 radical (unpaired) electrons. The third-order valence-corrected chi connectivity index (χ3v) is 3.16. The minimum absolute atomic E-state index is 0.00417. The van der Waals surface area contributed by atoms with Gasteiger partial charge < -0.3 is 15.4 Å². The van der Waals surface area contributed by atoms with E-state index in [0.717, 1.165) is 5.56 Å². The normalized spacial score (nSPS) is 10.0. The molecule has 0 bridgehead atoms. The number of hydrogen-bond acceptors (Lipinski definition) is 5. The predicted octanol–water partition coefficient (Wildman–Crippen LogP) is 2.96. The molecule has 0 aliphatic carbocycles. The molecule has 0 spiro atoms. The molecule has 120 valence electrons. The molecule has 0 saturated heterocycles. The second-order valence-electron chi connectivity index (χ2n) is 4.91. The molecule has 0 aliphatic rings. The van der Waals surface area contributed by atoms with Crippen molar-refractivity contribution in [1.82, 2.24) is 0 Å². The van der Waals surface area contributed by atoms with E-state index in [-0.39, 0.29) is 18.1 Å². The minimum atomic E-state index is -0.472. The van der Waals surface area contributed by atoms with Crippen LogP contribution in [-0.4, -0.2) is 24.5 Å². The lowest BCUT2D eigenvalue weighted by atomic mass is 10.2. The fourth-order valence-electron chi connectivity index (χ4n) is 2.00. The molecule has 2 aromatic carbocycles. The van der Waals surface area contributed by atoms with Gasteiger partial charge in [0.2, 0.25) is 5.91 Å². The second-order valence-corrected chi connectivity index (χ2v) is 4.91. The highest BCUT2D eigenvalue weighted by Crippen LogP contribution is 2.25. The van der Waals surface area contributed by atoms with Crippen LogP contribution in [0.3, 0.4) is 0 Å². The van der Waals surface area contributed by atoms with Crippen molar-refractivity contribution >= 4 is 23.0 Å². The Morgan fingerprint density at radius 3 is 2.52 bits per heavy atom. The summed E-state index contributed by atoms with van der Waals surface area (Å²) in [5.41, 5.74) is 2.24. The third-order valence-electron chi connectivity index (χ3n) is 3.16. The maximum Gasteiger partial charge on any atom is 0.269 e. The van der Waals surface area contributed by atoms with Crippen LogP contribution in [-0.2, 0) is 4.79 Å². The summed E-state index contributed by atoms with van der Waals surface area (Å²) in [4.78, 5) is 22.1. The summed E-state index contributed by atoms with van der Waals surface area (Å²) in [5, 5.41) is 16.3. The van der Waals surface area contributed by atoms with Crippen LogP contribution in [0.1, 0.15) is 5.56 Å². The van der Waals surface area contributed by atoms with Crippen molar-refractivity contribution in [3.05, 3.63) is 58.1 Å². The van der Waals surface area contributed by atoms with Gasteiger partial charge in [-0.05, 0) is 36.8 Å². The monoisotopic (exact) mass is 315 g/mol. The fraction of sp³-hybridized carbons (Fsp3) is 0.188. The predicted molar refractivity (Wildman–Crippen MR) is 87.9 cm³/mol. The summed E-state index contributed by atoms with van der Waals surface area (Å²) in [6.45, 7) is 1.96. The van der Waals surface area contributed by atoms with Crippen molar-refractivity contribution < 1.29 is 14.5 Å². The summed E-state index contributed by atoms with van der Waals surface area (Å²) in [7, 11) is 1.54. The van der Waals surface area contributed by atoms with E-state index >= 15 is 0 Å². The van der Waals surface area contributed by atoms with Gasteiger partial charge in [-0.25, -0.2) is 0 Å². The van der Waals surface area contributed by atoms with Crippen LogP contribution >= 0.6 is 0 Å². The zero-order valence-corrected chi connectivity index (χ0v) is 12.8. The number of methoxy groups -OCH3 is 1. The average Bonchev–Trinajstić information content (AvgIpc) is 2.53. The van der Waals surface area contributed by atoms with E-state index in [1.54, 1.807) is 18.2 Å². The molecular weight excluding hydrogens is 298 g/mol. The number of amides is 1. The molecule has 2 aromatic rings. The molecule has 2 N–H and O–H groups in total. The number of nitro benzene ring substituents is 1. The molecule has 7 nitrogen and oxygen atoms in total. The zero-order valence-electron chi connectivity index (χ0n) is 12.8. The molecule has 0 saturated carbocycles. The van der Waals surface area contributed by atoms with Gasteiger partial charge in [0.1, 0.15) is 5.75 Å². The third kappa shape index (κ3) is 4.44. The van der Waals surface area contributed by atoms with Crippen molar-refractivity contribution in [3.8, 4) is 5.75 Å². The van der Waals surface area contributed by atoms with Gasteiger partial charge in [0.25, 0.3) is 5.69 Å². The number of benzene rings is 2. The fourth-order valence-corrected chi connectivity index (χ4v) is 2.00. The van der Waals surface area contributed by atoms with E-state index in [1.807, 2.05) is 19.1 Å². The molecule has 7 heteroatoms. The van der Waals surface area contributed by atoms with Gasteiger partial charge in [0.05, 0.1) is 24.3 Å². The highest BCUT2D eigenvalue weighted by atomic mass is 16.6. The van der Waals surface area contributed by atoms with Crippen LogP contribution in [0.25, 0.3) is 0 Å². The van der Waals surface area contributed by atoms with Gasteiger partial charge >= 0.3 is 0 Å². The van der Waals surface area contributed by atoms with Gasteiger partial charge in [0, 0.05) is 17.8 Å². The molecule has 1 amide bonds. The maximum absolute atomic E-state index is 12.0. The Bertz CT molecular complexity index is 714. The summed E-state index contributed by atoms with van der Waals surface area (Å²) < 4.78 is 5.20. The summed E-state index contributed by atoms with van der Waals surface area (Å²) in [6.07, 6.45) is 0. The first-order valence-electron chi connectivity index (χ1n) is 6.92. The number of ether oxygens (including phenoxy) is 1. The number of rotatable bonds is 6. The first kappa shape index (κ1) is 16.3. The van der Waals surface area contributed by atoms with E-state index in [1.165, 1.54) is 19.2 Å². The summed E-state index contributed by atoms with van der Waals surface area (Å²) in [5.74, 6) is 0.339. The Morgan fingerprint density at radius 2 is 1.91 bits per heavy atom. The Morgan fingerprint density at radius 1 is 1.22 bits per heavy atom. The Hall–Kier alpha value is -3.09. The lowest BCUT2D eigenvalue weighted by Crippen LogP contribution is -2.22. The van der Waals surface area contributed by atoms with Crippen LogP contribution in [0.5, 0.6) is 5.75 Å². The maximum atomic E-state index is 12.0. The van der Waals surface area contributed by atoms with Crippen LogP contribution in [0.2, 0.25) is 0 Å². The summed E-state index contributed by atoms with van der Waals surface area (Å²) in [6, 6.07) is 11.4. The highest BCUT2D eigenvalue weighted by Gasteiger charge is 2.08. The van der Waals surface area contributed by atoms with Crippen molar-refractivity contribution in [3.63, 3.8) is 0 Å². The molecule has 0 fully saturated rings. The van der Waals surface area contributed by atoms with Crippen LogP contribution in [0, 0.1) is 17.0 Å². The number of non-ortho nitro benzene ring substituents is 1. The molecule has 0 unspecified atom stereocenters. The van der Waals surface area contributed by atoms with E-state index in [2.05, 4.69) is 10.6 Å². The first-order chi connectivity index (χ1) is 11.0.